The van der Waals surface area contributed by atoms with Crippen LogP contribution in [0.3, 0.4) is 0 Å². The quantitative estimate of drug-likeness (QED) is 0.775. The van der Waals surface area contributed by atoms with Crippen molar-refractivity contribution in [3.63, 3.8) is 0 Å². The summed E-state index contributed by atoms with van der Waals surface area (Å²) in [5.74, 6) is 0.566. The van der Waals surface area contributed by atoms with E-state index in [0.29, 0.717) is 18.9 Å². The molecule has 0 saturated heterocycles. The number of carbonyl (C=O) groups excluding carboxylic acids is 2. The van der Waals surface area contributed by atoms with Gasteiger partial charge < -0.3 is 14.2 Å². The number of rotatable bonds is 1. The van der Waals surface area contributed by atoms with Crippen LogP contribution in [0.25, 0.3) is 0 Å². The van der Waals surface area contributed by atoms with E-state index >= 15 is 0 Å². The largest absolute Gasteiger partial charge is 0.491 e. The van der Waals surface area contributed by atoms with Crippen LogP contribution in [-0.4, -0.2) is 30.6 Å². The van der Waals surface area contributed by atoms with Crippen LogP contribution in [0.1, 0.15) is 41.6 Å². The minimum Gasteiger partial charge on any atom is -0.491 e. The Labute approximate surface area is 156 Å². The SMILES string of the molecule is CC1CCc2noc(C(=O)NF)c2C1.CN1C(=O)CCOc2ccccc21. The third-order valence-corrected chi connectivity index (χ3v) is 4.76. The molecule has 27 heavy (non-hydrogen) atoms. The molecule has 1 aromatic heterocycles. The van der Waals surface area contributed by atoms with Gasteiger partial charge in [0.15, 0.2) is 0 Å². The first-order valence-corrected chi connectivity index (χ1v) is 8.88. The number of aromatic nitrogens is 1. The van der Waals surface area contributed by atoms with Crippen LogP contribution < -0.4 is 15.2 Å². The molecule has 1 aliphatic heterocycles. The van der Waals surface area contributed by atoms with Crippen molar-refractivity contribution in [1.82, 2.24) is 10.7 Å². The van der Waals surface area contributed by atoms with Crippen LogP contribution in [-0.2, 0) is 17.6 Å². The molecule has 0 fully saturated rings. The van der Waals surface area contributed by atoms with Crippen LogP contribution in [0.2, 0.25) is 0 Å². The van der Waals surface area contributed by atoms with Crippen molar-refractivity contribution in [2.24, 2.45) is 5.92 Å². The normalized spacial score (nSPS) is 18.3. The second-order valence-corrected chi connectivity index (χ2v) is 6.73. The number of amides is 2. The van der Waals surface area contributed by atoms with Gasteiger partial charge in [0.05, 0.1) is 24.4 Å². The first kappa shape index (κ1) is 18.9. The van der Waals surface area contributed by atoms with Gasteiger partial charge in [-0.25, -0.2) is 0 Å². The van der Waals surface area contributed by atoms with Gasteiger partial charge in [-0.3, -0.25) is 9.59 Å². The highest BCUT2D eigenvalue weighted by Gasteiger charge is 2.26. The topological polar surface area (TPSA) is 84.7 Å². The fraction of sp³-hybridized carbons (Fsp3) is 0.421. The third-order valence-electron chi connectivity index (χ3n) is 4.76. The van der Waals surface area contributed by atoms with Gasteiger partial charge in [0, 0.05) is 12.6 Å². The van der Waals surface area contributed by atoms with Crippen molar-refractivity contribution in [3.05, 3.63) is 41.3 Å². The zero-order valence-electron chi connectivity index (χ0n) is 15.3. The van der Waals surface area contributed by atoms with Crippen LogP contribution in [0.15, 0.2) is 28.8 Å². The van der Waals surface area contributed by atoms with Crippen LogP contribution >= 0.6 is 0 Å². The van der Waals surface area contributed by atoms with Crippen molar-refractivity contribution in [2.75, 3.05) is 18.6 Å². The average Bonchev–Trinajstić information content (AvgIpc) is 3.04. The molecule has 0 spiro atoms. The molecule has 8 heteroatoms. The molecule has 7 nitrogen and oxygen atoms in total. The number of halogens is 1. The molecular formula is C19H22FN3O4. The zero-order valence-corrected chi connectivity index (χ0v) is 15.3. The zero-order chi connectivity index (χ0) is 19.4. The molecule has 1 aromatic carbocycles. The van der Waals surface area contributed by atoms with Gasteiger partial charge in [0.2, 0.25) is 11.7 Å². The smallest absolute Gasteiger partial charge is 0.317 e. The van der Waals surface area contributed by atoms with Gasteiger partial charge in [-0.05, 0) is 37.3 Å². The maximum atomic E-state index is 11.9. The number of fused-ring (bicyclic) bond motifs is 2. The summed E-state index contributed by atoms with van der Waals surface area (Å²) in [7, 11) is 1.77. The Hall–Kier alpha value is -2.90. The van der Waals surface area contributed by atoms with E-state index < -0.39 is 5.91 Å². The lowest BCUT2D eigenvalue weighted by molar-refractivity contribution is -0.118. The molecule has 0 bridgehead atoms. The maximum Gasteiger partial charge on any atom is 0.317 e. The number of nitrogens with one attached hydrogen (secondary N) is 1. The predicted molar refractivity (Wildman–Crippen MR) is 96.2 cm³/mol. The summed E-state index contributed by atoms with van der Waals surface area (Å²) < 4.78 is 22.2. The molecule has 4 rings (SSSR count). The van der Waals surface area contributed by atoms with Crippen LogP contribution in [0.5, 0.6) is 5.75 Å². The van der Waals surface area contributed by atoms with E-state index in [1.807, 2.05) is 24.3 Å². The number of anilines is 1. The molecular weight excluding hydrogens is 353 g/mol. The molecule has 2 aliphatic rings. The minimum atomic E-state index is -0.840. The highest BCUT2D eigenvalue weighted by molar-refractivity contribution is 5.95. The monoisotopic (exact) mass is 375 g/mol. The maximum absolute atomic E-state index is 11.9. The summed E-state index contributed by atoms with van der Waals surface area (Å²) in [6.45, 7) is 2.56. The summed E-state index contributed by atoms with van der Waals surface area (Å²) in [4.78, 5) is 24.1. The summed E-state index contributed by atoms with van der Waals surface area (Å²) in [5.41, 5.74) is 3.47. The fourth-order valence-corrected chi connectivity index (χ4v) is 3.21. The number of aryl methyl sites for hydroxylation is 1. The molecule has 144 valence electrons. The Bertz CT molecular complexity index is 836. The Balaban J connectivity index is 0.000000156. The number of hydrogen-bond donors (Lipinski definition) is 1. The summed E-state index contributed by atoms with van der Waals surface area (Å²) in [6.07, 6.45) is 3.03. The Morgan fingerprint density at radius 2 is 2.11 bits per heavy atom. The molecule has 0 radical (unpaired) electrons. The van der Waals surface area contributed by atoms with E-state index in [9.17, 15) is 14.1 Å². The summed E-state index contributed by atoms with van der Waals surface area (Å²) in [5, 5.41) is 3.76. The van der Waals surface area contributed by atoms with Crippen molar-refractivity contribution in [3.8, 4) is 5.75 Å². The van der Waals surface area contributed by atoms with E-state index in [4.69, 9.17) is 9.26 Å². The average molecular weight is 375 g/mol. The number of hydrogen-bond acceptors (Lipinski definition) is 5. The molecule has 2 amide bonds. The van der Waals surface area contributed by atoms with Crippen LogP contribution in [0, 0.1) is 5.92 Å². The molecule has 0 saturated carbocycles. The lowest BCUT2D eigenvalue weighted by Crippen LogP contribution is -2.24. The Morgan fingerprint density at radius 3 is 2.89 bits per heavy atom. The van der Waals surface area contributed by atoms with E-state index in [0.717, 1.165) is 47.5 Å². The molecule has 1 N–H and O–H groups in total. The van der Waals surface area contributed by atoms with Gasteiger partial charge >= 0.3 is 5.91 Å². The fourth-order valence-electron chi connectivity index (χ4n) is 3.21. The van der Waals surface area contributed by atoms with Gasteiger partial charge in [-0.2, -0.15) is 5.54 Å². The second-order valence-electron chi connectivity index (χ2n) is 6.73. The molecule has 1 aliphatic carbocycles. The van der Waals surface area contributed by atoms with E-state index in [1.54, 1.807) is 11.9 Å². The molecule has 1 atom stereocenters. The van der Waals surface area contributed by atoms with Gasteiger partial charge in [-0.1, -0.05) is 28.7 Å². The highest BCUT2D eigenvalue weighted by Crippen LogP contribution is 2.29. The van der Waals surface area contributed by atoms with Gasteiger partial charge in [0.25, 0.3) is 0 Å². The molecule has 2 heterocycles. The number of ether oxygens (including phenoxy) is 1. The first-order chi connectivity index (χ1) is 13.0. The number of benzene rings is 1. The third kappa shape index (κ3) is 4.10. The predicted octanol–water partition coefficient (Wildman–Crippen LogP) is 2.85. The molecule has 1 unspecified atom stereocenters. The van der Waals surface area contributed by atoms with E-state index in [-0.39, 0.29) is 11.7 Å². The minimum absolute atomic E-state index is 0.0223. The highest BCUT2D eigenvalue weighted by atomic mass is 19.2. The first-order valence-electron chi connectivity index (χ1n) is 8.88. The van der Waals surface area contributed by atoms with Crippen molar-refractivity contribution in [1.29, 1.82) is 0 Å². The number of carbonyl (C=O) groups is 2. The standard InChI is InChI=1S/C10H11NO2.C9H11FN2O2/c1-11-8-4-2-3-5-9(8)13-7-6-10(11)12;1-5-2-3-7-6(4-5)8(14-12-7)9(13)11-10/h2-5H,6-7H2,1H3;5H,2-4H2,1H3,(H,11,13). The lowest BCUT2D eigenvalue weighted by Gasteiger charge is -2.15. The summed E-state index contributed by atoms with van der Waals surface area (Å²) in [6, 6.07) is 7.57. The lowest BCUT2D eigenvalue weighted by atomic mass is 9.88. The Morgan fingerprint density at radius 1 is 1.33 bits per heavy atom. The number of para-hydroxylation sites is 2. The summed E-state index contributed by atoms with van der Waals surface area (Å²) >= 11 is 0. The molecule has 2 aromatic rings. The Kier molecular flexibility index (Phi) is 5.73. The second kappa shape index (κ2) is 8.20. The van der Waals surface area contributed by atoms with Gasteiger partial charge in [-0.15, -0.1) is 0 Å². The van der Waals surface area contributed by atoms with Crippen molar-refractivity contribution < 1.29 is 23.3 Å². The van der Waals surface area contributed by atoms with Crippen LogP contribution in [0.4, 0.5) is 10.2 Å². The van der Waals surface area contributed by atoms with Crippen molar-refractivity contribution >= 4 is 17.5 Å². The van der Waals surface area contributed by atoms with E-state index in [1.165, 1.54) is 0 Å². The van der Waals surface area contributed by atoms with E-state index in [2.05, 4.69) is 12.1 Å². The van der Waals surface area contributed by atoms with Gasteiger partial charge in [0.1, 0.15) is 5.75 Å². The van der Waals surface area contributed by atoms with Crippen molar-refractivity contribution in [2.45, 2.75) is 32.6 Å². The number of nitrogens with zero attached hydrogens (tertiary/aromatic N) is 2.